The molecule has 1 aromatic carbocycles. The minimum absolute atomic E-state index is 0.0274. The molecule has 6 heteroatoms. The Kier molecular flexibility index (Phi) is 8.12. The fourth-order valence-electron chi connectivity index (χ4n) is 3.54. The van der Waals surface area contributed by atoms with Crippen LogP contribution in [0.25, 0.3) is 0 Å². The van der Waals surface area contributed by atoms with Crippen LogP contribution in [0.4, 0.5) is 0 Å². The summed E-state index contributed by atoms with van der Waals surface area (Å²) in [6.07, 6.45) is 5.90. The lowest BCUT2D eigenvalue weighted by Crippen LogP contribution is -2.31. The van der Waals surface area contributed by atoms with Crippen LogP contribution in [0.5, 0.6) is 0 Å². The highest BCUT2D eigenvalue weighted by atomic mass is 31.2. The fraction of sp³-hybridized carbons (Fsp3) is 0.632. The van der Waals surface area contributed by atoms with E-state index >= 15 is 0 Å². The number of nitrogens with one attached hydrogen (secondary N) is 1. The molecule has 1 fully saturated rings. The molecule has 0 amide bonds. The van der Waals surface area contributed by atoms with E-state index in [1.807, 2.05) is 18.2 Å². The Hall–Kier alpha value is -1.18. The molecule has 0 saturated heterocycles. The summed E-state index contributed by atoms with van der Waals surface area (Å²) in [4.78, 5) is 10.2. The van der Waals surface area contributed by atoms with Crippen LogP contribution in [-0.4, -0.2) is 41.5 Å². The Bertz CT molecular complexity index is 623. The topological polar surface area (TPSA) is 93.4 Å². The standard InChI is InChI=1S/C19H29N2O3P/c20-12-18-8-4-7-16(11-18)9-10-21-13-19(22)15-25(23,24)14-17-5-2-1-3-6-17/h4,7-8,11,17,19,21-22H,1-3,5-6,9-10,13-15H2,(H,23,24)/t19-/m1/s1. The van der Waals surface area contributed by atoms with E-state index in [1.54, 1.807) is 6.07 Å². The Balaban J connectivity index is 1.66. The number of hydrogen-bond acceptors (Lipinski definition) is 4. The first kappa shape index (κ1) is 20.1. The highest BCUT2D eigenvalue weighted by Gasteiger charge is 2.27. The lowest BCUT2D eigenvalue weighted by molar-refractivity contribution is 0.190. The van der Waals surface area contributed by atoms with Crippen molar-refractivity contribution in [1.82, 2.24) is 5.32 Å². The summed E-state index contributed by atoms with van der Waals surface area (Å²) in [5.41, 5.74) is 1.70. The van der Waals surface area contributed by atoms with E-state index in [-0.39, 0.29) is 6.16 Å². The molecular weight excluding hydrogens is 335 g/mol. The van der Waals surface area contributed by atoms with Gasteiger partial charge in [-0.1, -0.05) is 31.4 Å². The van der Waals surface area contributed by atoms with Crippen LogP contribution in [0, 0.1) is 17.2 Å². The number of hydrogen-bond donors (Lipinski definition) is 3. The smallest absolute Gasteiger partial charge is 0.203 e. The zero-order valence-electron chi connectivity index (χ0n) is 14.7. The maximum atomic E-state index is 12.4. The van der Waals surface area contributed by atoms with E-state index in [9.17, 15) is 14.6 Å². The van der Waals surface area contributed by atoms with Crippen molar-refractivity contribution in [2.75, 3.05) is 25.4 Å². The molecule has 5 nitrogen and oxygen atoms in total. The van der Waals surface area contributed by atoms with Crippen molar-refractivity contribution in [3.8, 4) is 6.07 Å². The van der Waals surface area contributed by atoms with Gasteiger partial charge in [-0.15, -0.1) is 0 Å². The van der Waals surface area contributed by atoms with Crippen LogP contribution < -0.4 is 5.32 Å². The minimum atomic E-state index is -3.26. The molecule has 0 aliphatic heterocycles. The van der Waals surface area contributed by atoms with E-state index in [0.717, 1.165) is 37.7 Å². The lowest BCUT2D eigenvalue weighted by Gasteiger charge is -2.25. The van der Waals surface area contributed by atoms with Gasteiger partial charge in [0, 0.05) is 12.7 Å². The molecule has 0 radical (unpaired) electrons. The van der Waals surface area contributed by atoms with Gasteiger partial charge in [0.25, 0.3) is 0 Å². The summed E-state index contributed by atoms with van der Waals surface area (Å²) >= 11 is 0. The molecule has 2 rings (SSSR count). The Morgan fingerprint density at radius 1 is 1.32 bits per heavy atom. The quantitative estimate of drug-likeness (QED) is 0.463. The molecule has 1 aliphatic carbocycles. The zero-order chi connectivity index (χ0) is 18.1. The highest BCUT2D eigenvalue weighted by Crippen LogP contribution is 2.45. The first-order valence-corrected chi connectivity index (χ1v) is 11.2. The zero-order valence-corrected chi connectivity index (χ0v) is 15.6. The van der Waals surface area contributed by atoms with Crippen LogP contribution in [-0.2, 0) is 11.0 Å². The van der Waals surface area contributed by atoms with Crippen molar-refractivity contribution in [3.63, 3.8) is 0 Å². The normalized spacial score (nSPS) is 19.1. The number of benzene rings is 1. The number of aliphatic hydroxyl groups excluding tert-OH is 1. The monoisotopic (exact) mass is 364 g/mol. The summed E-state index contributed by atoms with van der Waals surface area (Å²) in [7, 11) is -3.26. The van der Waals surface area contributed by atoms with Gasteiger partial charge in [-0.25, -0.2) is 0 Å². The molecule has 2 atom stereocenters. The third-order valence-corrected chi connectivity index (χ3v) is 6.87. The number of aliphatic hydroxyl groups is 1. The number of nitrogens with zero attached hydrogens (tertiary/aromatic N) is 1. The van der Waals surface area contributed by atoms with Crippen molar-refractivity contribution in [2.45, 2.75) is 44.6 Å². The molecular formula is C19H29N2O3P. The van der Waals surface area contributed by atoms with E-state index in [1.165, 1.54) is 6.42 Å². The summed E-state index contributed by atoms with van der Waals surface area (Å²) in [6.45, 7) is 0.970. The summed E-state index contributed by atoms with van der Waals surface area (Å²) in [5.74, 6) is 0.345. The maximum absolute atomic E-state index is 12.4. The Morgan fingerprint density at radius 3 is 2.80 bits per heavy atom. The minimum Gasteiger partial charge on any atom is -0.391 e. The number of rotatable bonds is 9. The first-order valence-electron chi connectivity index (χ1n) is 9.17. The van der Waals surface area contributed by atoms with Crippen LogP contribution >= 0.6 is 7.37 Å². The molecule has 1 aromatic rings. The van der Waals surface area contributed by atoms with E-state index < -0.39 is 13.5 Å². The molecule has 1 saturated carbocycles. The SMILES string of the molecule is N#Cc1cccc(CCNC[C@@H](O)CP(=O)(O)CC2CCCCC2)c1. The van der Waals surface area contributed by atoms with E-state index in [4.69, 9.17) is 5.26 Å². The van der Waals surface area contributed by atoms with Crippen LogP contribution in [0.1, 0.15) is 43.2 Å². The maximum Gasteiger partial charge on any atom is 0.203 e. The second kappa shape index (κ2) is 10.1. The molecule has 0 heterocycles. The van der Waals surface area contributed by atoms with Crippen molar-refractivity contribution in [3.05, 3.63) is 35.4 Å². The predicted molar refractivity (Wildman–Crippen MR) is 99.9 cm³/mol. The fourth-order valence-corrected chi connectivity index (χ4v) is 5.65. The van der Waals surface area contributed by atoms with Gasteiger partial charge in [0.2, 0.25) is 7.37 Å². The molecule has 3 N–H and O–H groups in total. The number of nitriles is 1. The largest absolute Gasteiger partial charge is 0.391 e. The average Bonchev–Trinajstić information content (AvgIpc) is 2.59. The van der Waals surface area contributed by atoms with E-state index in [2.05, 4.69) is 11.4 Å². The van der Waals surface area contributed by atoms with Gasteiger partial charge in [0.05, 0.1) is 23.9 Å². The summed E-state index contributed by atoms with van der Waals surface area (Å²) < 4.78 is 12.4. The Labute approximate surface area is 150 Å². The van der Waals surface area contributed by atoms with E-state index in [0.29, 0.717) is 30.7 Å². The van der Waals surface area contributed by atoms with Gasteiger partial charge >= 0.3 is 0 Å². The van der Waals surface area contributed by atoms with Gasteiger partial charge in [-0.3, -0.25) is 4.57 Å². The van der Waals surface area contributed by atoms with Crippen molar-refractivity contribution < 1.29 is 14.6 Å². The molecule has 1 aliphatic rings. The van der Waals surface area contributed by atoms with Crippen LogP contribution in [0.2, 0.25) is 0 Å². The first-order chi connectivity index (χ1) is 12.0. The Morgan fingerprint density at radius 2 is 2.08 bits per heavy atom. The molecule has 0 aromatic heterocycles. The third-order valence-electron chi connectivity index (χ3n) is 4.79. The molecule has 0 spiro atoms. The average molecular weight is 364 g/mol. The van der Waals surface area contributed by atoms with Crippen molar-refractivity contribution in [2.24, 2.45) is 5.92 Å². The second-order valence-electron chi connectivity index (χ2n) is 7.14. The predicted octanol–water partition coefficient (Wildman–Crippen LogP) is 2.90. The van der Waals surface area contributed by atoms with Gasteiger partial charge in [0.15, 0.2) is 0 Å². The second-order valence-corrected chi connectivity index (χ2v) is 9.56. The molecule has 138 valence electrons. The van der Waals surface area contributed by atoms with Crippen LogP contribution in [0.3, 0.4) is 0 Å². The lowest BCUT2D eigenvalue weighted by atomic mass is 9.91. The molecule has 0 bridgehead atoms. The van der Waals surface area contributed by atoms with Gasteiger partial charge in [0.1, 0.15) is 0 Å². The molecule has 1 unspecified atom stereocenters. The van der Waals surface area contributed by atoms with Gasteiger partial charge < -0.3 is 15.3 Å². The van der Waals surface area contributed by atoms with Gasteiger partial charge in [-0.2, -0.15) is 5.26 Å². The summed E-state index contributed by atoms with van der Waals surface area (Å²) in [5, 5.41) is 22.1. The third kappa shape index (κ3) is 7.71. The van der Waals surface area contributed by atoms with Crippen molar-refractivity contribution in [1.29, 1.82) is 5.26 Å². The molecule has 25 heavy (non-hydrogen) atoms. The summed E-state index contributed by atoms with van der Waals surface area (Å²) in [6, 6.07) is 9.56. The highest BCUT2D eigenvalue weighted by molar-refractivity contribution is 7.58. The van der Waals surface area contributed by atoms with Gasteiger partial charge in [-0.05, 0) is 49.4 Å². The van der Waals surface area contributed by atoms with Crippen molar-refractivity contribution >= 4 is 7.37 Å². The van der Waals surface area contributed by atoms with Crippen LogP contribution in [0.15, 0.2) is 24.3 Å².